The first-order chi connectivity index (χ1) is 15.1. The van der Waals surface area contributed by atoms with Gasteiger partial charge in [0, 0.05) is 35.1 Å². The number of carbonyl (C=O) groups excluding carboxylic acids is 1. The van der Waals surface area contributed by atoms with Gasteiger partial charge in [0.2, 0.25) is 5.91 Å². The second kappa shape index (κ2) is 9.71. The molecule has 2 atom stereocenters. The molecule has 2 aromatic carbocycles. The molecule has 0 aliphatic carbocycles. The second-order valence-electron chi connectivity index (χ2n) is 7.42. The number of amides is 1. The predicted octanol–water partition coefficient (Wildman–Crippen LogP) is 3.97. The molecule has 0 fully saturated rings. The lowest BCUT2D eigenvalue weighted by Gasteiger charge is -2.28. The van der Waals surface area contributed by atoms with E-state index in [2.05, 4.69) is 4.98 Å². The Balaban J connectivity index is 1.48. The van der Waals surface area contributed by atoms with Gasteiger partial charge in [0.1, 0.15) is 5.75 Å². The minimum atomic E-state index is -1.02. The summed E-state index contributed by atoms with van der Waals surface area (Å²) in [4.78, 5) is 19.1. The van der Waals surface area contributed by atoms with Crippen molar-refractivity contribution in [3.8, 4) is 16.9 Å². The molecule has 0 saturated heterocycles. The van der Waals surface area contributed by atoms with Gasteiger partial charge in [-0.15, -0.1) is 0 Å². The van der Waals surface area contributed by atoms with Crippen LogP contribution in [0.1, 0.15) is 11.1 Å². The lowest BCUT2D eigenvalue weighted by molar-refractivity contribution is -0.132. The molecule has 2 unspecified atom stereocenters. The summed E-state index contributed by atoms with van der Waals surface area (Å²) in [6.45, 7) is 0.470. The highest BCUT2D eigenvalue weighted by molar-refractivity contribution is 7.88. The summed E-state index contributed by atoms with van der Waals surface area (Å²) in [5.41, 5.74) is 4.13. The average Bonchev–Trinajstić information content (AvgIpc) is 3.24. The van der Waals surface area contributed by atoms with Crippen LogP contribution in [-0.4, -0.2) is 38.9 Å². The minimum Gasteiger partial charge on any atom is -0.497 e. The highest BCUT2D eigenvalue weighted by Crippen LogP contribution is 2.23. The molecular formula is C25H24N2O3S. The third kappa shape index (κ3) is 5.27. The SMILES string of the molecule is COc1ccc(-c2ccc(CC(=O)N(Cc3ccncc3)C3C=CS(=O)C3)cc2)cc1. The van der Waals surface area contributed by atoms with Crippen molar-refractivity contribution < 1.29 is 13.7 Å². The van der Waals surface area contributed by atoms with Crippen molar-refractivity contribution in [2.45, 2.75) is 19.0 Å². The number of carbonyl (C=O) groups is 1. The van der Waals surface area contributed by atoms with Gasteiger partial charge in [0.05, 0.1) is 25.3 Å². The third-order valence-electron chi connectivity index (χ3n) is 5.34. The Bertz CT molecular complexity index is 1080. The zero-order valence-electron chi connectivity index (χ0n) is 17.3. The molecule has 0 radical (unpaired) electrons. The van der Waals surface area contributed by atoms with E-state index in [0.717, 1.165) is 28.0 Å². The van der Waals surface area contributed by atoms with Crippen molar-refractivity contribution in [2.75, 3.05) is 12.9 Å². The molecule has 1 aromatic heterocycles. The van der Waals surface area contributed by atoms with Gasteiger partial charge in [-0.1, -0.05) is 42.5 Å². The highest BCUT2D eigenvalue weighted by Gasteiger charge is 2.26. The first kappa shape index (κ1) is 21.0. The molecule has 5 nitrogen and oxygen atoms in total. The van der Waals surface area contributed by atoms with Gasteiger partial charge in [-0.2, -0.15) is 0 Å². The quantitative estimate of drug-likeness (QED) is 0.567. The van der Waals surface area contributed by atoms with Gasteiger partial charge in [0.25, 0.3) is 0 Å². The van der Waals surface area contributed by atoms with Gasteiger partial charge < -0.3 is 9.64 Å². The maximum Gasteiger partial charge on any atom is 0.227 e. The maximum atomic E-state index is 13.2. The molecule has 1 amide bonds. The van der Waals surface area contributed by atoms with Crippen LogP contribution in [0.3, 0.4) is 0 Å². The summed E-state index contributed by atoms with van der Waals surface area (Å²) in [7, 11) is 0.634. The largest absolute Gasteiger partial charge is 0.497 e. The van der Waals surface area contributed by atoms with Crippen LogP contribution in [0, 0.1) is 0 Å². The number of hydrogen-bond donors (Lipinski definition) is 0. The van der Waals surface area contributed by atoms with E-state index in [4.69, 9.17) is 4.74 Å². The van der Waals surface area contributed by atoms with Crippen LogP contribution in [0.2, 0.25) is 0 Å². The molecule has 3 aromatic rings. The highest BCUT2D eigenvalue weighted by atomic mass is 32.2. The molecule has 4 rings (SSSR count). The van der Waals surface area contributed by atoms with Crippen LogP contribution in [0.4, 0.5) is 0 Å². The first-order valence-corrected chi connectivity index (χ1v) is 11.5. The number of aromatic nitrogens is 1. The molecule has 31 heavy (non-hydrogen) atoms. The van der Waals surface area contributed by atoms with Gasteiger partial charge >= 0.3 is 0 Å². The number of methoxy groups -OCH3 is 1. The van der Waals surface area contributed by atoms with Crippen molar-refractivity contribution in [2.24, 2.45) is 0 Å². The van der Waals surface area contributed by atoms with E-state index in [1.165, 1.54) is 0 Å². The van der Waals surface area contributed by atoms with Gasteiger partial charge in [-0.25, -0.2) is 0 Å². The topological polar surface area (TPSA) is 59.5 Å². The van der Waals surface area contributed by atoms with Crippen LogP contribution in [-0.2, 0) is 28.6 Å². The normalized spacial score (nSPS) is 17.5. The third-order valence-corrected chi connectivity index (χ3v) is 6.47. The lowest BCUT2D eigenvalue weighted by atomic mass is 10.0. The monoisotopic (exact) mass is 432 g/mol. The molecular weight excluding hydrogens is 408 g/mol. The predicted molar refractivity (Wildman–Crippen MR) is 123 cm³/mol. The number of pyridine rings is 1. The maximum absolute atomic E-state index is 13.2. The molecule has 158 valence electrons. The summed E-state index contributed by atoms with van der Waals surface area (Å²) in [6, 6.07) is 19.6. The van der Waals surface area contributed by atoms with Crippen molar-refractivity contribution in [3.05, 3.63) is 95.7 Å². The molecule has 0 N–H and O–H groups in total. The number of rotatable bonds is 7. The minimum absolute atomic E-state index is 0.0163. The zero-order chi connectivity index (χ0) is 21.6. The fraction of sp³-hybridized carbons (Fsp3) is 0.200. The van der Waals surface area contributed by atoms with E-state index in [0.29, 0.717) is 18.7 Å². The van der Waals surface area contributed by atoms with E-state index >= 15 is 0 Å². The number of benzene rings is 2. The van der Waals surface area contributed by atoms with Gasteiger partial charge in [-0.05, 0) is 46.5 Å². The van der Waals surface area contributed by atoms with Gasteiger partial charge in [-0.3, -0.25) is 14.0 Å². The number of nitrogens with zero attached hydrogens (tertiary/aromatic N) is 2. The standard InChI is InChI=1S/C25H24N2O3S/c1-30-24-8-6-22(7-9-24)21-4-2-19(3-5-21)16-25(28)27(23-12-15-31(29)18-23)17-20-10-13-26-14-11-20/h2-15,23H,16-18H2,1H3. The Morgan fingerprint density at radius 2 is 1.65 bits per heavy atom. The molecule has 0 saturated carbocycles. The van der Waals surface area contributed by atoms with E-state index < -0.39 is 10.8 Å². The van der Waals surface area contributed by atoms with Crippen molar-refractivity contribution >= 4 is 16.7 Å². The molecule has 0 bridgehead atoms. The summed E-state index contributed by atoms with van der Waals surface area (Å²) >= 11 is 0. The lowest BCUT2D eigenvalue weighted by Crippen LogP contribution is -2.40. The van der Waals surface area contributed by atoms with Crippen molar-refractivity contribution in [1.29, 1.82) is 0 Å². The average molecular weight is 433 g/mol. The Labute approximate surface area is 184 Å². The Kier molecular flexibility index (Phi) is 6.57. The van der Waals surface area contributed by atoms with Crippen LogP contribution >= 0.6 is 0 Å². The van der Waals surface area contributed by atoms with Crippen LogP contribution in [0.25, 0.3) is 11.1 Å². The van der Waals surface area contributed by atoms with Crippen molar-refractivity contribution in [3.63, 3.8) is 0 Å². The Hall–Kier alpha value is -3.25. The first-order valence-electron chi connectivity index (χ1n) is 10.1. The Morgan fingerprint density at radius 1 is 1.00 bits per heavy atom. The smallest absolute Gasteiger partial charge is 0.227 e. The number of ether oxygens (including phenoxy) is 1. The summed E-state index contributed by atoms with van der Waals surface area (Å²) in [6.07, 6.45) is 5.62. The van der Waals surface area contributed by atoms with Crippen LogP contribution < -0.4 is 4.74 Å². The van der Waals surface area contributed by atoms with E-state index in [1.54, 1.807) is 24.9 Å². The molecule has 2 heterocycles. The Morgan fingerprint density at radius 3 is 2.23 bits per heavy atom. The summed E-state index contributed by atoms with van der Waals surface area (Å²) < 4.78 is 17.1. The van der Waals surface area contributed by atoms with E-state index in [9.17, 15) is 9.00 Å². The summed E-state index contributed by atoms with van der Waals surface area (Å²) in [5, 5.41) is 1.68. The van der Waals surface area contributed by atoms with Crippen LogP contribution in [0.15, 0.2) is 84.5 Å². The van der Waals surface area contributed by atoms with Gasteiger partial charge in [0.15, 0.2) is 0 Å². The number of hydrogen-bond acceptors (Lipinski definition) is 4. The molecule has 0 spiro atoms. The fourth-order valence-electron chi connectivity index (χ4n) is 3.60. The molecule has 1 aliphatic rings. The van der Waals surface area contributed by atoms with E-state index in [1.807, 2.05) is 71.6 Å². The molecule has 1 aliphatic heterocycles. The second-order valence-corrected chi connectivity index (χ2v) is 8.79. The summed E-state index contributed by atoms with van der Waals surface area (Å²) in [5.74, 6) is 1.29. The van der Waals surface area contributed by atoms with Crippen LogP contribution in [0.5, 0.6) is 5.75 Å². The van der Waals surface area contributed by atoms with Crippen molar-refractivity contribution in [1.82, 2.24) is 9.88 Å². The molecule has 6 heteroatoms. The van der Waals surface area contributed by atoms with E-state index in [-0.39, 0.29) is 11.9 Å². The zero-order valence-corrected chi connectivity index (χ0v) is 18.1. The fourth-order valence-corrected chi connectivity index (χ4v) is 4.70.